The second kappa shape index (κ2) is 14.3. The highest BCUT2D eigenvalue weighted by Gasteiger charge is 2.31. The van der Waals surface area contributed by atoms with Gasteiger partial charge in [0.25, 0.3) is 5.91 Å². The van der Waals surface area contributed by atoms with E-state index in [0.29, 0.717) is 12.8 Å². The predicted octanol–water partition coefficient (Wildman–Crippen LogP) is 1.78. The molecule has 37 heavy (non-hydrogen) atoms. The van der Waals surface area contributed by atoms with Gasteiger partial charge in [-0.05, 0) is 24.0 Å². The van der Waals surface area contributed by atoms with Crippen molar-refractivity contribution in [2.75, 3.05) is 13.1 Å². The highest BCUT2D eigenvalue weighted by atomic mass is 16.4. The molecule has 7 N–H and O–H groups in total. The molecule has 0 saturated heterocycles. The first-order chi connectivity index (χ1) is 17.5. The molecule has 4 atom stereocenters. The molecule has 10 heteroatoms. The standard InChI is InChI=1S/C27H38N4O6/c1-27(2,3)24(31-37)25(34)29-20(14-18-10-6-4-7-11-18)22(32)16-28-17-23(33)21(30-26(35)36)15-19-12-8-5-9-13-19/h4-13,20-23,28,30,32-33,37H,14-17H2,1-3H3,(H,29,34)(H,35,36)/t20-,21-,22?,23+/m0/s1. The van der Waals surface area contributed by atoms with Crippen molar-refractivity contribution in [3.8, 4) is 0 Å². The van der Waals surface area contributed by atoms with Gasteiger partial charge in [0.15, 0.2) is 0 Å². The molecule has 0 spiro atoms. The van der Waals surface area contributed by atoms with E-state index >= 15 is 0 Å². The molecule has 0 saturated carbocycles. The minimum Gasteiger partial charge on any atom is -0.465 e. The van der Waals surface area contributed by atoms with E-state index in [2.05, 4.69) is 21.1 Å². The minimum atomic E-state index is -1.24. The number of nitrogens with zero attached hydrogens (tertiary/aromatic N) is 1. The molecule has 0 aliphatic carbocycles. The van der Waals surface area contributed by atoms with Gasteiger partial charge in [0, 0.05) is 18.5 Å². The molecule has 2 amide bonds. The van der Waals surface area contributed by atoms with Crippen molar-refractivity contribution in [1.82, 2.24) is 16.0 Å². The monoisotopic (exact) mass is 514 g/mol. The SMILES string of the molecule is CC(C)(C)C(=NO)C(=O)N[C@@H](Cc1ccccc1)C(O)CNC[C@@H](O)[C@H](Cc1ccccc1)NC(=O)O. The number of oxime groups is 1. The van der Waals surface area contributed by atoms with Crippen molar-refractivity contribution in [2.45, 2.75) is 57.9 Å². The second-order valence-corrected chi connectivity index (χ2v) is 10.0. The Morgan fingerprint density at radius 1 is 0.811 bits per heavy atom. The predicted molar refractivity (Wildman–Crippen MR) is 141 cm³/mol. The summed E-state index contributed by atoms with van der Waals surface area (Å²) in [5, 5.41) is 51.4. The smallest absolute Gasteiger partial charge is 0.404 e. The van der Waals surface area contributed by atoms with Crippen LogP contribution >= 0.6 is 0 Å². The Morgan fingerprint density at radius 2 is 1.24 bits per heavy atom. The summed E-state index contributed by atoms with van der Waals surface area (Å²) in [5.74, 6) is -0.594. The van der Waals surface area contributed by atoms with Crippen molar-refractivity contribution in [2.24, 2.45) is 10.6 Å². The van der Waals surface area contributed by atoms with Crippen LogP contribution in [0.2, 0.25) is 0 Å². The molecule has 0 fully saturated rings. The van der Waals surface area contributed by atoms with Gasteiger partial charge < -0.3 is 36.5 Å². The van der Waals surface area contributed by atoms with Gasteiger partial charge in [-0.3, -0.25) is 4.79 Å². The van der Waals surface area contributed by atoms with E-state index in [1.54, 1.807) is 20.8 Å². The average Bonchev–Trinajstić information content (AvgIpc) is 2.83. The molecule has 202 valence electrons. The van der Waals surface area contributed by atoms with E-state index in [9.17, 15) is 30.1 Å². The van der Waals surface area contributed by atoms with E-state index in [-0.39, 0.29) is 18.8 Å². The third kappa shape index (κ3) is 10.2. The summed E-state index contributed by atoms with van der Waals surface area (Å²) < 4.78 is 0. The van der Waals surface area contributed by atoms with Gasteiger partial charge in [0.2, 0.25) is 0 Å². The van der Waals surface area contributed by atoms with Gasteiger partial charge >= 0.3 is 6.09 Å². The summed E-state index contributed by atoms with van der Waals surface area (Å²) in [7, 11) is 0. The summed E-state index contributed by atoms with van der Waals surface area (Å²) in [6.45, 7) is 5.24. The first kappa shape index (κ1) is 29.8. The van der Waals surface area contributed by atoms with E-state index in [1.807, 2.05) is 60.7 Å². The fourth-order valence-electron chi connectivity index (χ4n) is 3.90. The summed E-state index contributed by atoms with van der Waals surface area (Å²) >= 11 is 0. The molecular weight excluding hydrogens is 476 g/mol. The zero-order chi connectivity index (χ0) is 27.4. The number of carbonyl (C=O) groups is 2. The molecule has 0 aromatic heterocycles. The van der Waals surface area contributed by atoms with Crippen molar-refractivity contribution in [3.63, 3.8) is 0 Å². The molecular formula is C27H38N4O6. The Labute approximate surface area is 217 Å². The van der Waals surface area contributed by atoms with Crippen molar-refractivity contribution in [3.05, 3.63) is 71.8 Å². The van der Waals surface area contributed by atoms with Gasteiger partial charge in [-0.1, -0.05) is 86.6 Å². The lowest BCUT2D eigenvalue weighted by molar-refractivity contribution is -0.116. The zero-order valence-electron chi connectivity index (χ0n) is 21.5. The van der Waals surface area contributed by atoms with Crippen molar-refractivity contribution < 1.29 is 30.1 Å². The van der Waals surface area contributed by atoms with Gasteiger partial charge in [-0.2, -0.15) is 0 Å². The number of aliphatic hydroxyl groups excluding tert-OH is 2. The maximum Gasteiger partial charge on any atom is 0.404 e. The van der Waals surface area contributed by atoms with Crippen LogP contribution in [-0.2, 0) is 17.6 Å². The lowest BCUT2D eigenvalue weighted by Gasteiger charge is -2.28. The normalized spacial score (nSPS) is 15.3. The van der Waals surface area contributed by atoms with E-state index in [0.717, 1.165) is 11.1 Å². The molecule has 0 bridgehead atoms. The molecule has 0 aliphatic heterocycles. The summed E-state index contributed by atoms with van der Waals surface area (Å²) in [5.41, 5.74) is 0.975. The second-order valence-electron chi connectivity index (χ2n) is 10.0. The topological polar surface area (TPSA) is 164 Å². The van der Waals surface area contributed by atoms with Crippen LogP contribution in [0.4, 0.5) is 4.79 Å². The Morgan fingerprint density at radius 3 is 1.62 bits per heavy atom. The van der Waals surface area contributed by atoms with Crippen molar-refractivity contribution >= 4 is 17.7 Å². The lowest BCUT2D eigenvalue weighted by Crippen LogP contribution is -2.53. The van der Waals surface area contributed by atoms with Crippen LogP contribution in [0.15, 0.2) is 65.8 Å². The fraction of sp³-hybridized carbons (Fsp3) is 0.444. The largest absolute Gasteiger partial charge is 0.465 e. The lowest BCUT2D eigenvalue weighted by atomic mass is 9.89. The van der Waals surface area contributed by atoms with Crippen molar-refractivity contribution in [1.29, 1.82) is 0 Å². The quantitative estimate of drug-likeness (QED) is 0.122. The van der Waals surface area contributed by atoms with Crippen LogP contribution in [0.1, 0.15) is 31.9 Å². The van der Waals surface area contributed by atoms with E-state index in [1.165, 1.54) is 0 Å². The molecule has 0 heterocycles. The summed E-state index contributed by atoms with van der Waals surface area (Å²) in [6.07, 6.45) is -2.76. The Bertz CT molecular complexity index is 1010. The van der Waals surface area contributed by atoms with Gasteiger partial charge in [0.05, 0.1) is 24.3 Å². The average molecular weight is 515 g/mol. The summed E-state index contributed by atoms with van der Waals surface area (Å²) in [6, 6.07) is 17.0. The van der Waals surface area contributed by atoms with E-state index < -0.39 is 41.7 Å². The van der Waals surface area contributed by atoms with Crippen LogP contribution in [0.5, 0.6) is 0 Å². The highest BCUT2D eigenvalue weighted by molar-refractivity contribution is 6.40. The summed E-state index contributed by atoms with van der Waals surface area (Å²) in [4.78, 5) is 24.1. The number of carbonyl (C=O) groups excluding carboxylic acids is 1. The fourth-order valence-corrected chi connectivity index (χ4v) is 3.90. The zero-order valence-corrected chi connectivity index (χ0v) is 21.5. The van der Waals surface area contributed by atoms with Crippen LogP contribution in [0.25, 0.3) is 0 Å². The first-order valence-electron chi connectivity index (χ1n) is 12.2. The van der Waals surface area contributed by atoms with Crippen LogP contribution in [-0.4, -0.2) is 75.6 Å². The number of nitrogens with one attached hydrogen (secondary N) is 3. The minimum absolute atomic E-state index is 0.00613. The molecule has 1 unspecified atom stereocenters. The third-order valence-electron chi connectivity index (χ3n) is 5.88. The molecule has 2 aromatic carbocycles. The Balaban J connectivity index is 2.05. The van der Waals surface area contributed by atoms with E-state index in [4.69, 9.17) is 0 Å². The van der Waals surface area contributed by atoms with Crippen LogP contribution in [0, 0.1) is 5.41 Å². The van der Waals surface area contributed by atoms with Gasteiger partial charge in [-0.25, -0.2) is 4.79 Å². The number of hydrogen-bond acceptors (Lipinski definition) is 7. The van der Waals surface area contributed by atoms with Crippen LogP contribution in [0.3, 0.4) is 0 Å². The Kier molecular flexibility index (Phi) is 11.5. The Hall–Kier alpha value is -3.47. The van der Waals surface area contributed by atoms with Crippen LogP contribution < -0.4 is 16.0 Å². The number of amides is 2. The molecule has 2 rings (SSSR count). The molecule has 0 radical (unpaired) electrons. The molecule has 2 aromatic rings. The molecule has 0 aliphatic rings. The highest BCUT2D eigenvalue weighted by Crippen LogP contribution is 2.17. The van der Waals surface area contributed by atoms with Gasteiger partial charge in [-0.15, -0.1) is 0 Å². The number of hydrogen-bond donors (Lipinski definition) is 7. The van der Waals surface area contributed by atoms with Gasteiger partial charge in [0.1, 0.15) is 5.71 Å². The number of benzene rings is 2. The first-order valence-corrected chi connectivity index (χ1v) is 12.2. The number of carboxylic acid groups (broad SMARTS) is 1. The number of rotatable bonds is 13. The third-order valence-corrected chi connectivity index (χ3v) is 5.88. The number of aliphatic hydroxyl groups is 2. The maximum atomic E-state index is 12.8. The molecule has 10 nitrogen and oxygen atoms in total. The maximum absolute atomic E-state index is 12.8.